The molecule has 1 aliphatic heterocycles. The molecule has 1 unspecified atom stereocenters. The standard InChI is InChI=1S/C26H20Cl2FNO4/c1-14(2)34-19-5-3-4-16(12-19)24(31)22-23(15-6-8-17(29)9-7-15)30(26(33)25(22)32)18-10-11-20(27)21(28)13-18/h3-14,23,31H,1-2H3/b24-22+. The second kappa shape index (κ2) is 9.49. The molecule has 0 saturated carbocycles. The van der Waals surface area contributed by atoms with Gasteiger partial charge in [0.15, 0.2) is 0 Å². The average Bonchev–Trinajstić information content (AvgIpc) is 3.06. The lowest BCUT2D eigenvalue weighted by Gasteiger charge is -2.25. The minimum absolute atomic E-state index is 0.100. The summed E-state index contributed by atoms with van der Waals surface area (Å²) < 4.78 is 19.3. The monoisotopic (exact) mass is 499 g/mol. The Hall–Kier alpha value is -3.35. The Balaban J connectivity index is 1.91. The van der Waals surface area contributed by atoms with Gasteiger partial charge in [-0.3, -0.25) is 14.5 Å². The Labute approximate surface area is 206 Å². The topological polar surface area (TPSA) is 66.8 Å². The molecule has 1 atom stereocenters. The number of anilines is 1. The number of aliphatic hydroxyl groups excluding tert-OH is 1. The van der Waals surface area contributed by atoms with Crippen LogP contribution in [-0.2, 0) is 9.59 Å². The summed E-state index contributed by atoms with van der Waals surface area (Å²) in [6.45, 7) is 3.73. The number of rotatable bonds is 5. The van der Waals surface area contributed by atoms with Gasteiger partial charge in [-0.05, 0) is 61.9 Å². The first-order chi connectivity index (χ1) is 16.2. The highest BCUT2D eigenvalue weighted by Crippen LogP contribution is 2.43. The molecule has 4 rings (SSSR count). The smallest absolute Gasteiger partial charge is 0.300 e. The van der Waals surface area contributed by atoms with Gasteiger partial charge in [0, 0.05) is 11.3 Å². The molecule has 1 heterocycles. The van der Waals surface area contributed by atoms with E-state index in [4.69, 9.17) is 27.9 Å². The van der Waals surface area contributed by atoms with Gasteiger partial charge in [0.1, 0.15) is 17.3 Å². The van der Waals surface area contributed by atoms with E-state index in [1.807, 2.05) is 13.8 Å². The van der Waals surface area contributed by atoms with E-state index in [1.165, 1.54) is 41.3 Å². The Morgan fingerprint density at radius 1 is 1.00 bits per heavy atom. The number of ketones is 1. The Morgan fingerprint density at radius 2 is 1.71 bits per heavy atom. The van der Waals surface area contributed by atoms with Crippen LogP contribution >= 0.6 is 23.2 Å². The predicted molar refractivity (Wildman–Crippen MR) is 130 cm³/mol. The molecular formula is C26H20Cl2FNO4. The molecule has 1 N–H and O–H groups in total. The molecule has 0 aromatic heterocycles. The summed E-state index contributed by atoms with van der Waals surface area (Å²) >= 11 is 12.2. The molecule has 0 aliphatic carbocycles. The maximum absolute atomic E-state index is 13.7. The lowest BCUT2D eigenvalue weighted by Crippen LogP contribution is -2.29. The molecule has 5 nitrogen and oxygen atoms in total. The third-order valence-electron chi connectivity index (χ3n) is 5.29. The highest BCUT2D eigenvalue weighted by Gasteiger charge is 2.47. The van der Waals surface area contributed by atoms with E-state index in [2.05, 4.69) is 0 Å². The number of benzene rings is 3. The minimum Gasteiger partial charge on any atom is -0.507 e. The van der Waals surface area contributed by atoms with Crippen molar-refractivity contribution in [2.24, 2.45) is 0 Å². The fraction of sp³-hybridized carbons (Fsp3) is 0.154. The van der Waals surface area contributed by atoms with Crippen molar-refractivity contribution in [3.8, 4) is 5.75 Å². The minimum atomic E-state index is -1.02. The normalized spacial score (nSPS) is 17.5. The van der Waals surface area contributed by atoms with Crippen molar-refractivity contribution in [1.29, 1.82) is 0 Å². The fourth-order valence-electron chi connectivity index (χ4n) is 3.84. The summed E-state index contributed by atoms with van der Waals surface area (Å²) in [6.07, 6.45) is -0.100. The van der Waals surface area contributed by atoms with E-state index in [9.17, 15) is 19.1 Å². The van der Waals surface area contributed by atoms with Crippen LogP contribution in [0.25, 0.3) is 5.76 Å². The van der Waals surface area contributed by atoms with Crippen molar-refractivity contribution >= 4 is 46.3 Å². The molecular weight excluding hydrogens is 480 g/mol. The number of hydrogen-bond acceptors (Lipinski definition) is 4. The zero-order valence-electron chi connectivity index (χ0n) is 18.3. The van der Waals surface area contributed by atoms with Gasteiger partial charge in [-0.15, -0.1) is 0 Å². The van der Waals surface area contributed by atoms with Crippen molar-refractivity contribution in [3.63, 3.8) is 0 Å². The molecule has 3 aromatic rings. The molecule has 8 heteroatoms. The van der Waals surface area contributed by atoms with Crippen LogP contribution in [-0.4, -0.2) is 22.9 Å². The number of Topliss-reactive ketones (excluding diaryl/α,β-unsaturated/α-hetero) is 1. The molecule has 174 valence electrons. The summed E-state index contributed by atoms with van der Waals surface area (Å²) in [5.74, 6) is -2.09. The van der Waals surface area contributed by atoms with Crippen LogP contribution in [0.15, 0.2) is 72.3 Å². The molecule has 1 aliphatic rings. The van der Waals surface area contributed by atoms with E-state index >= 15 is 0 Å². The van der Waals surface area contributed by atoms with Gasteiger partial charge >= 0.3 is 0 Å². The maximum Gasteiger partial charge on any atom is 0.300 e. The molecule has 0 radical (unpaired) electrons. The number of nitrogens with zero attached hydrogens (tertiary/aromatic N) is 1. The highest BCUT2D eigenvalue weighted by atomic mass is 35.5. The number of hydrogen-bond donors (Lipinski definition) is 1. The van der Waals surface area contributed by atoms with E-state index in [-0.39, 0.29) is 27.5 Å². The summed E-state index contributed by atoms with van der Waals surface area (Å²) in [5.41, 5.74) is 0.909. The lowest BCUT2D eigenvalue weighted by molar-refractivity contribution is -0.132. The van der Waals surface area contributed by atoms with Gasteiger partial charge in [-0.2, -0.15) is 0 Å². The van der Waals surface area contributed by atoms with Crippen molar-refractivity contribution < 1.29 is 23.8 Å². The average molecular weight is 500 g/mol. The van der Waals surface area contributed by atoms with Crippen molar-refractivity contribution in [3.05, 3.63) is 99.3 Å². The van der Waals surface area contributed by atoms with Crippen LogP contribution in [0.2, 0.25) is 10.0 Å². The number of ether oxygens (including phenoxy) is 1. The zero-order chi connectivity index (χ0) is 24.6. The fourth-order valence-corrected chi connectivity index (χ4v) is 4.13. The van der Waals surface area contributed by atoms with Gasteiger partial charge in [0.05, 0.1) is 27.8 Å². The molecule has 1 fully saturated rings. The van der Waals surface area contributed by atoms with Gasteiger partial charge in [0.2, 0.25) is 0 Å². The largest absolute Gasteiger partial charge is 0.507 e. The summed E-state index contributed by atoms with van der Waals surface area (Å²) in [5, 5.41) is 11.7. The number of halogens is 3. The van der Waals surface area contributed by atoms with Crippen molar-refractivity contribution in [1.82, 2.24) is 0 Å². The maximum atomic E-state index is 13.7. The van der Waals surface area contributed by atoms with E-state index in [0.29, 0.717) is 22.6 Å². The molecule has 1 amide bonds. The SMILES string of the molecule is CC(C)Oc1cccc(/C(O)=C2\C(=O)C(=O)N(c3ccc(Cl)c(Cl)c3)C2c2ccc(F)cc2)c1. The first kappa shape index (κ1) is 23.8. The van der Waals surface area contributed by atoms with Crippen LogP contribution in [0.4, 0.5) is 10.1 Å². The van der Waals surface area contributed by atoms with Crippen LogP contribution in [0.3, 0.4) is 0 Å². The van der Waals surface area contributed by atoms with Crippen LogP contribution in [0, 0.1) is 5.82 Å². The van der Waals surface area contributed by atoms with Crippen molar-refractivity contribution in [2.45, 2.75) is 26.0 Å². The lowest BCUT2D eigenvalue weighted by atomic mass is 9.95. The van der Waals surface area contributed by atoms with Crippen LogP contribution in [0.1, 0.15) is 31.0 Å². The number of carbonyl (C=O) groups is 2. The van der Waals surface area contributed by atoms with E-state index < -0.39 is 23.5 Å². The summed E-state index contributed by atoms with van der Waals surface area (Å²) in [4.78, 5) is 27.6. The summed E-state index contributed by atoms with van der Waals surface area (Å²) in [7, 11) is 0. The molecule has 3 aromatic carbocycles. The van der Waals surface area contributed by atoms with Crippen molar-refractivity contribution in [2.75, 3.05) is 4.90 Å². The van der Waals surface area contributed by atoms with Gasteiger partial charge in [-0.1, -0.05) is 47.5 Å². The third-order valence-corrected chi connectivity index (χ3v) is 6.03. The first-order valence-corrected chi connectivity index (χ1v) is 11.2. The second-order valence-corrected chi connectivity index (χ2v) is 8.83. The van der Waals surface area contributed by atoms with Gasteiger partial charge in [0.25, 0.3) is 11.7 Å². The second-order valence-electron chi connectivity index (χ2n) is 8.01. The summed E-state index contributed by atoms with van der Waals surface area (Å²) in [6, 6.07) is 15.5. The highest BCUT2D eigenvalue weighted by molar-refractivity contribution is 6.52. The zero-order valence-corrected chi connectivity index (χ0v) is 19.8. The molecule has 0 spiro atoms. The Bertz CT molecular complexity index is 1300. The molecule has 1 saturated heterocycles. The third kappa shape index (κ3) is 4.52. The van der Waals surface area contributed by atoms with Crippen LogP contribution < -0.4 is 9.64 Å². The first-order valence-electron chi connectivity index (χ1n) is 10.5. The van der Waals surface area contributed by atoms with E-state index in [1.54, 1.807) is 30.3 Å². The van der Waals surface area contributed by atoms with Gasteiger partial charge < -0.3 is 9.84 Å². The Kier molecular flexibility index (Phi) is 6.64. The Morgan fingerprint density at radius 3 is 2.35 bits per heavy atom. The number of aliphatic hydroxyl groups is 1. The molecule has 0 bridgehead atoms. The van der Waals surface area contributed by atoms with Crippen LogP contribution in [0.5, 0.6) is 5.75 Å². The van der Waals surface area contributed by atoms with E-state index in [0.717, 1.165) is 0 Å². The molecule has 34 heavy (non-hydrogen) atoms. The quantitative estimate of drug-likeness (QED) is 0.245. The number of amides is 1. The number of carbonyl (C=O) groups excluding carboxylic acids is 2. The predicted octanol–water partition coefficient (Wildman–Crippen LogP) is 6.55. The van der Waals surface area contributed by atoms with Gasteiger partial charge in [-0.25, -0.2) is 4.39 Å².